The summed E-state index contributed by atoms with van der Waals surface area (Å²) in [5, 5.41) is 2.68. The average Bonchev–Trinajstić information content (AvgIpc) is 2.83. The van der Waals surface area contributed by atoms with Gasteiger partial charge in [-0.05, 0) is 86.1 Å². The Bertz CT molecular complexity index is 1170. The van der Waals surface area contributed by atoms with Crippen molar-refractivity contribution in [3.05, 3.63) is 64.2 Å². The first-order valence-electron chi connectivity index (χ1n) is 11.5. The van der Waals surface area contributed by atoms with E-state index in [1.54, 1.807) is 23.1 Å². The molecule has 1 aliphatic carbocycles. The number of aryl methyl sites for hydroxylation is 4. The Morgan fingerprint density at radius 3 is 2.27 bits per heavy atom. The van der Waals surface area contributed by atoms with Gasteiger partial charge in [0.2, 0.25) is 15.9 Å². The second kappa shape index (κ2) is 9.65. The van der Waals surface area contributed by atoms with Crippen LogP contribution >= 0.6 is 0 Å². The largest absolute Gasteiger partial charge is 0.343 e. The fourth-order valence-corrected chi connectivity index (χ4v) is 5.92. The zero-order valence-corrected chi connectivity index (χ0v) is 20.1. The molecule has 7 nitrogen and oxygen atoms in total. The van der Waals surface area contributed by atoms with Crippen LogP contribution in [0, 0.1) is 13.8 Å². The van der Waals surface area contributed by atoms with Gasteiger partial charge in [0.25, 0.3) is 5.91 Å². The van der Waals surface area contributed by atoms with Crippen molar-refractivity contribution in [2.24, 2.45) is 0 Å². The molecule has 0 spiro atoms. The Labute approximate surface area is 195 Å². The van der Waals surface area contributed by atoms with Crippen molar-refractivity contribution >= 4 is 21.8 Å². The predicted octanol–water partition coefficient (Wildman–Crippen LogP) is 2.45. The van der Waals surface area contributed by atoms with Gasteiger partial charge in [-0.3, -0.25) is 9.59 Å². The Morgan fingerprint density at radius 1 is 0.879 bits per heavy atom. The third-order valence-corrected chi connectivity index (χ3v) is 8.61. The number of benzene rings is 2. The summed E-state index contributed by atoms with van der Waals surface area (Å²) in [6, 6.07) is 10.9. The van der Waals surface area contributed by atoms with Gasteiger partial charge in [0.15, 0.2) is 0 Å². The second-order valence-electron chi connectivity index (χ2n) is 8.90. The molecule has 1 N–H and O–H groups in total. The number of amides is 2. The minimum Gasteiger partial charge on any atom is -0.343 e. The van der Waals surface area contributed by atoms with Gasteiger partial charge in [0.05, 0.1) is 11.4 Å². The number of sulfonamides is 1. The van der Waals surface area contributed by atoms with E-state index in [0.29, 0.717) is 23.5 Å². The lowest BCUT2D eigenvalue weighted by atomic mass is 9.92. The smallest absolute Gasteiger partial charge is 0.251 e. The Hall–Kier alpha value is -2.71. The van der Waals surface area contributed by atoms with Gasteiger partial charge < -0.3 is 10.2 Å². The summed E-state index contributed by atoms with van der Waals surface area (Å²) in [5.41, 5.74) is 5.03. The zero-order valence-electron chi connectivity index (χ0n) is 19.3. The van der Waals surface area contributed by atoms with Gasteiger partial charge in [-0.25, -0.2) is 8.42 Å². The lowest BCUT2D eigenvalue weighted by Crippen LogP contribution is -2.52. The third-order valence-electron chi connectivity index (χ3n) is 6.72. The standard InChI is InChI=1S/C25H31N3O4S/c1-18-7-8-22(15-19(18)2)25(30)26-17-24(29)27-11-13-28(14-12-27)33(31,32)23-10-9-20-5-3-4-6-21(20)16-23/h7-10,15-16H,3-6,11-14,17H2,1-2H3,(H,26,30). The molecule has 2 aliphatic rings. The lowest BCUT2D eigenvalue weighted by molar-refractivity contribution is -0.131. The zero-order chi connectivity index (χ0) is 23.6. The number of rotatable bonds is 5. The van der Waals surface area contributed by atoms with Crippen LogP contribution in [0.4, 0.5) is 0 Å². The van der Waals surface area contributed by atoms with Crippen LogP contribution in [-0.2, 0) is 27.7 Å². The number of carbonyl (C=O) groups is 2. The van der Waals surface area contributed by atoms with Crippen LogP contribution < -0.4 is 5.32 Å². The predicted molar refractivity (Wildman–Crippen MR) is 127 cm³/mol. The molecule has 0 saturated carbocycles. The first-order chi connectivity index (χ1) is 15.8. The maximum Gasteiger partial charge on any atom is 0.251 e. The summed E-state index contributed by atoms with van der Waals surface area (Å²) in [7, 11) is -3.59. The molecule has 0 atom stereocenters. The number of nitrogens with zero attached hydrogens (tertiary/aromatic N) is 2. The van der Waals surface area contributed by atoms with Crippen molar-refractivity contribution in [1.82, 2.24) is 14.5 Å². The summed E-state index contributed by atoms with van der Waals surface area (Å²) < 4.78 is 27.7. The molecule has 33 heavy (non-hydrogen) atoms. The molecule has 1 heterocycles. The molecular formula is C25H31N3O4S. The molecule has 176 valence electrons. The fraction of sp³-hybridized carbons (Fsp3) is 0.440. The van der Waals surface area contributed by atoms with Crippen molar-refractivity contribution in [2.75, 3.05) is 32.7 Å². The SMILES string of the molecule is Cc1ccc(C(=O)NCC(=O)N2CCN(S(=O)(=O)c3ccc4c(c3)CCCC4)CC2)cc1C. The normalized spacial score (nSPS) is 16.8. The summed E-state index contributed by atoms with van der Waals surface area (Å²) in [4.78, 5) is 26.9. The molecule has 2 aromatic rings. The highest BCUT2D eigenvalue weighted by Gasteiger charge is 2.30. The Kier molecular flexibility index (Phi) is 6.86. The highest BCUT2D eigenvalue weighted by Crippen LogP contribution is 2.26. The van der Waals surface area contributed by atoms with Crippen molar-refractivity contribution in [2.45, 2.75) is 44.4 Å². The van der Waals surface area contributed by atoms with Gasteiger partial charge in [-0.2, -0.15) is 4.31 Å². The van der Waals surface area contributed by atoms with Crippen LogP contribution in [0.15, 0.2) is 41.3 Å². The van der Waals surface area contributed by atoms with Gasteiger partial charge in [0.1, 0.15) is 0 Å². The third kappa shape index (κ3) is 5.12. The summed E-state index contributed by atoms with van der Waals surface area (Å²) in [6.45, 7) is 4.92. The minimum absolute atomic E-state index is 0.108. The van der Waals surface area contributed by atoms with E-state index in [1.165, 1.54) is 9.87 Å². The summed E-state index contributed by atoms with van der Waals surface area (Å²) in [6.07, 6.45) is 4.18. The number of fused-ring (bicyclic) bond motifs is 1. The number of nitrogens with one attached hydrogen (secondary N) is 1. The fourth-order valence-electron chi connectivity index (χ4n) is 4.45. The molecule has 0 radical (unpaired) electrons. The van der Waals surface area contributed by atoms with E-state index in [2.05, 4.69) is 5.32 Å². The van der Waals surface area contributed by atoms with E-state index in [9.17, 15) is 18.0 Å². The monoisotopic (exact) mass is 469 g/mol. The van der Waals surface area contributed by atoms with E-state index in [-0.39, 0.29) is 31.4 Å². The lowest BCUT2D eigenvalue weighted by Gasteiger charge is -2.34. The van der Waals surface area contributed by atoms with Crippen LogP contribution in [0.25, 0.3) is 0 Å². The Morgan fingerprint density at radius 2 is 1.58 bits per heavy atom. The molecule has 0 unspecified atom stereocenters. The van der Waals surface area contributed by atoms with Crippen molar-refractivity contribution in [3.8, 4) is 0 Å². The number of hydrogen-bond donors (Lipinski definition) is 1. The molecule has 0 bridgehead atoms. The average molecular weight is 470 g/mol. The maximum absolute atomic E-state index is 13.1. The highest BCUT2D eigenvalue weighted by molar-refractivity contribution is 7.89. The van der Waals surface area contributed by atoms with E-state index >= 15 is 0 Å². The number of piperazine rings is 1. The Balaban J connectivity index is 1.32. The van der Waals surface area contributed by atoms with Gasteiger partial charge in [-0.1, -0.05) is 12.1 Å². The summed E-state index contributed by atoms with van der Waals surface area (Å²) in [5.74, 6) is -0.502. The van der Waals surface area contributed by atoms with Crippen LogP contribution in [0.5, 0.6) is 0 Å². The maximum atomic E-state index is 13.1. The minimum atomic E-state index is -3.59. The van der Waals surface area contributed by atoms with E-state index in [0.717, 1.165) is 42.4 Å². The van der Waals surface area contributed by atoms with Crippen molar-refractivity contribution < 1.29 is 18.0 Å². The number of carbonyl (C=O) groups excluding carboxylic acids is 2. The summed E-state index contributed by atoms with van der Waals surface area (Å²) >= 11 is 0. The van der Waals surface area contributed by atoms with Crippen LogP contribution in [-0.4, -0.2) is 62.2 Å². The molecule has 1 fully saturated rings. The first kappa shape index (κ1) is 23.4. The molecule has 2 amide bonds. The highest BCUT2D eigenvalue weighted by atomic mass is 32.2. The quantitative estimate of drug-likeness (QED) is 0.729. The van der Waals surface area contributed by atoms with Gasteiger partial charge in [-0.15, -0.1) is 0 Å². The first-order valence-corrected chi connectivity index (χ1v) is 12.9. The molecule has 1 aliphatic heterocycles. The van der Waals surface area contributed by atoms with Crippen LogP contribution in [0.3, 0.4) is 0 Å². The molecule has 1 saturated heterocycles. The molecule has 0 aromatic heterocycles. The second-order valence-corrected chi connectivity index (χ2v) is 10.8. The number of hydrogen-bond acceptors (Lipinski definition) is 4. The van der Waals surface area contributed by atoms with E-state index in [4.69, 9.17) is 0 Å². The van der Waals surface area contributed by atoms with Crippen molar-refractivity contribution in [3.63, 3.8) is 0 Å². The van der Waals surface area contributed by atoms with E-state index in [1.807, 2.05) is 32.0 Å². The molecule has 8 heteroatoms. The van der Waals surface area contributed by atoms with Gasteiger partial charge in [0, 0.05) is 31.7 Å². The van der Waals surface area contributed by atoms with Crippen molar-refractivity contribution in [1.29, 1.82) is 0 Å². The molecule has 2 aromatic carbocycles. The van der Waals surface area contributed by atoms with Gasteiger partial charge >= 0.3 is 0 Å². The molecule has 4 rings (SSSR count). The van der Waals surface area contributed by atoms with Crippen LogP contribution in [0.2, 0.25) is 0 Å². The topological polar surface area (TPSA) is 86.8 Å². The molecular weight excluding hydrogens is 438 g/mol. The van der Waals surface area contributed by atoms with E-state index < -0.39 is 10.0 Å². The van der Waals surface area contributed by atoms with Crippen LogP contribution in [0.1, 0.15) is 45.5 Å².